The Balaban J connectivity index is 3.82. The van der Waals surface area contributed by atoms with E-state index in [9.17, 15) is 21.6 Å². The second kappa shape index (κ2) is 4.48. The second-order valence-corrected chi connectivity index (χ2v) is 6.64. The molecule has 0 radical (unpaired) electrons. The summed E-state index contributed by atoms with van der Waals surface area (Å²) in [6.07, 6.45) is 0. The molecule has 5 N–H and O–H groups in total. The van der Waals surface area contributed by atoms with Crippen molar-refractivity contribution >= 4 is 37.6 Å². The normalized spacial score (nSPS) is 12.4. The molecule has 0 fully saturated rings. The van der Waals surface area contributed by atoms with Crippen LogP contribution >= 0.6 is 11.6 Å². The fourth-order valence-corrected chi connectivity index (χ4v) is 3.05. The minimum absolute atomic E-state index is 0.536. The molecule has 0 heterocycles. The van der Waals surface area contributed by atoms with E-state index in [-0.39, 0.29) is 0 Å². The minimum Gasteiger partial charge on any atom is -0.478 e. The molecule has 0 spiro atoms. The van der Waals surface area contributed by atoms with Gasteiger partial charge in [-0.1, -0.05) is 11.6 Å². The zero-order valence-electron chi connectivity index (χ0n) is 8.49. The summed E-state index contributed by atoms with van der Waals surface area (Å²) >= 11 is 5.52. The zero-order valence-corrected chi connectivity index (χ0v) is 10.9. The molecular weight excluding hydrogens is 308 g/mol. The predicted molar refractivity (Wildman–Crippen MR) is 61.2 cm³/mol. The summed E-state index contributed by atoms with van der Waals surface area (Å²) in [6, 6.07) is 1.17. The van der Waals surface area contributed by atoms with Gasteiger partial charge in [0.1, 0.15) is 4.90 Å². The zero-order chi connectivity index (χ0) is 14.3. The Morgan fingerprint density at radius 3 is 1.83 bits per heavy atom. The lowest BCUT2D eigenvalue weighted by atomic mass is 10.2. The molecule has 0 aliphatic rings. The molecule has 100 valence electrons. The van der Waals surface area contributed by atoms with Gasteiger partial charge in [0, 0.05) is 0 Å². The smallest absolute Gasteiger partial charge is 0.337 e. The highest BCUT2D eigenvalue weighted by atomic mass is 35.5. The van der Waals surface area contributed by atoms with Crippen LogP contribution in [0.3, 0.4) is 0 Å². The van der Waals surface area contributed by atoms with Gasteiger partial charge in [0.15, 0.2) is 0 Å². The average molecular weight is 315 g/mol. The van der Waals surface area contributed by atoms with E-state index >= 15 is 0 Å². The quantitative estimate of drug-likeness (QED) is 0.671. The largest absolute Gasteiger partial charge is 0.478 e. The van der Waals surface area contributed by atoms with Crippen molar-refractivity contribution in [2.75, 3.05) is 0 Å². The molecule has 0 aromatic heterocycles. The Morgan fingerprint density at radius 2 is 1.50 bits per heavy atom. The third kappa shape index (κ3) is 2.97. The van der Waals surface area contributed by atoms with Crippen molar-refractivity contribution in [3.8, 4) is 0 Å². The Kier molecular flexibility index (Phi) is 3.70. The SMILES string of the molecule is NS(=O)(=O)c1cc(C(=O)O)c(S(N)(=O)=O)cc1Cl. The van der Waals surface area contributed by atoms with E-state index in [1.165, 1.54) is 0 Å². The van der Waals surface area contributed by atoms with Crippen LogP contribution in [0.2, 0.25) is 5.02 Å². The summed E-state index contributed by atoms with van der Waals surface area (Å²) < 4.78 is 44.5. The Bertz CT molecular complexity index is 725. The molecule has 0 unspecified atom stereocenters. The summed E-state index contributed by atoms with van der Waals surface area (Å²) in [4.78, 5) is 9.36. The Labute approximate surface area is 107 Å². The lowest BCUT2D eigenvalue weighted by Gasteiger charge is -2.08. The third-order valence-electron chi connectivity index (χ3n) is 1.88. The van der Waals surface area contributed by atoms with Gasteiger partial charge in [-0.05, 0) is 12.1 Å². The number of hydrogen-bond donors (Lipinski definition) is 3. The number of hydrogen-bond acceptors (Lipinski definition) is 5. The molecule has 1 aromatic rings. The molecule has 0 bridgehead atoms. The first kappa shape index (κ1) is 14.9. The second-order valence-electron chi connectivity index (χ2n) is 3.17. The summed E-state index contributed by atoms with van der Waals surface area (Å²) in [5, 5.41) is 17.9. The number of carboxylic acid groups (broad SMARTS) is 1. The van der Waals surface area contributed by atoms with Crippen LogP contribution in [-0.4, -0.2) is 27.9 Å². The molecule has 0 saturated carbocycles. The van der Waals surface area contributed by atoms with E-state index in [2.05, 4.69) is 0 Å². The van der Waals surface area contributed by atoms with Crippen molar-refractivity contribution in [2.45, 2.75) is 9.79 Å². The van der Waals surface area contributed by atoms with Gasteiger partial charge >= 0.3 is 5.97 Å². The van der Waals surface area contributed by atoms with Crippen molar-refractivity contribution in [2.24, 2.45) is 10.3 Å². The maximum atomic E-state index is 11.1. The van der Waals surface area contributed by atoms with Gasteiger partial charge in [-0.15, -0.1) is 0 Å². The molecule has 1 rings (SSSR count). The number of sulfonamides is 2. The maximum absolute atomic E-state index is 11.1. The van der Waals surface area contributed by atoms with Gasteiger partial charge < -0.3 is 5.11 Å². The molecule has 0 amide bonds. The fraction of sp³-hybridized carbons (Fsp3) is 0. The first-order valence-electron chi connectivity index (χ1n) is 4.07. The summed E-state index contributed by atoms with van der Waals surface area (Å²) in [5.74, 6) is -1.68. The van der Waals surface area contributed by atoms with Crippen molar-refractivity contribution in [3.05, 3.63) is 22.7 Å². The molecule has 1 aromatic carbocycles. The van der Waals surface area contributed by atoms with Gasteiger partial charge in [0.05, 0.1) is 15.5 Å². The first-order valence-corrected chi connectivity index (χ1v) is 7.54. The standard InChI is InChI=1S/C7H7ClN2O6S2/c8-4-2-5(17(9,13)14)3(7(11)12)1-6(4)18(10,15)16/h1-2H,(H,11,12)(H2,9,13,14)(H2,10,15,16). The number of carbonyl (C=O) groups is 1. The van der Waals surface area contributed by atoms with Gasteiger partial charge in [-0.25, -0.2) is 31.9 Å². The van der Waals surface area contributed by atoms with Crippen LogP contribution in [0.5, 0.6) is 0 Å². The van der Waals surface area contributed by atoms with Gasteiger partial charge in [-0.2, -0.15) is 0 Å². The van der Waals surface area contributed by atoms with E-state index in [0.717, 1.165) is 0 Å². The number of carboxylic acids is 1. The lowest BCUT2D eigenvalue weighted by molar-refractivity contribution is 0.0692. The number of halogens is 1. The average Bonchev–Trinajstić information content (AvgIpc) is 2.13. The molecule has 8 nitrogen and oxygen atoms in total. The van der Waals surface area contributed by atoms with Crippen molar-refractivity contribution in [1.82, 2.24) is 0 Å². The molecule has 0 atom stereocenters. The number of rotatable bonds is 3. The molecular formula is C7H7ClN2O6S2. The van der Waals surface area contributed by atoms with E-state index < -0.39 is 46.4 Å². The van der Waals surface area contributed by atoms with E-state index in [1.54, 1.807) is 0 Å². The van der Waals surface area contributed by atoms with Crippen LogP contribution in [0.15, 0.2) is 21.9 Å². The monoisotopic (exact) mass is 314 g/mol. The van der Waals surface area contributed by atoms with Gasteiger partial charge in [0.2, 0.25) is 20.0 Å². The first-order chi connectivity index (χ1) is 7.94. The summed E-state index contributed by atoms with van der Waals surface area (Å²) in [7, 11) is -8.65. The number of nitrogens with two attached hydrogens (primary N) is 2. The van der Waals surface area contributed by atoms with Crippen LogP contribution in [0.4, 0.5) is 0 Å². The summed E-state index contributed by atoms with van der Waals surface area (Å²) in [5.41, 5.74) is -0.828. The van der Waals surface area contributed by atoms with Crippen LogP contribution in [0.25, 0.3) is 0 Å². The Hall–Kier alpha value is -1.20. The maximum Gasteiger partial charge on any atom is 0.337 e. The van der Waals surface area contributed by atoms with Crippen molar-refractivity contribution < 1.29 is 26.7 Å². The highest BCUT2D eigenvalue weighted by molar-refractivity contribution is 7.89. The number of benzene rings is 1. The third-order valence-corrected chi connectivity index (χ3v) is 4.20. The van der Waals surface area contributed by atoms with Crippen LogP contribution in [0, 0.1) is 0 Å². The molecule has 11 heteroatoms. The molecule has 18 heavy (non-hydrogen) atoms. The lowest BCUT2D eigenvalue weighted by Crippen LogP contribution is -2.19. The van der Waals surface area contributed by atoms with E-state index in [4.69, 9.17) is 27.0 Å². The molecule has 0 aliphatic heterocycles. The van der Waals surface area contributed by atoms with Crippen LogP contribution in [-0.2, 0) is 20.0 Å². The molecule has 0 saturated heterocycles. The topological polar surface area (TPSA) is 158 Å². The van der Waals surface area contributed by atoms with Crippen molar-refractivity contribution in [1.29, 1.82) is 0 Å². The Morgan fingerprint density at radius 1 is 1.06 bits per heavy atom. The van der Waals surface area contributed by atoms with Crippen LogP contribution in [0.1, 0.15) is 10.4 Å². The van der Waals surface area contributed by atoms with Crippen LogP contribution < -0.4 is 10.3 Å². The van der Waals surface area contributed by atoms with Gasteiger partial charge in [0.25, 0.3) is 0 Å². The number of primary sulfonamides is 2. The molecule has 0 aliphatic carbocycles. The minimum atomic E-state index is -4.36. The fourth-order valence-electron chi connectivity index (χ4n) is 1.16. The van der Waals surface area contributed by atoms with E-state index in [1.807, 2.05) is 0 Å². The van der Waals surface area contributed by atoms with Crippen molar-refractivity contribution in [3.63, 3.8) is 0 Å². The van der Waals surface area contributed by atoms with Gasteiger partial charge in [-0.3, -0.25) is 0 Å². The van der Waals surface area contributed by atoms with E-state index in [0.29, 0.717) is 12.1 Å². The highest BCUT2D eigenvalue weighted by Gasteiger charge is 2.24. The summed E-state index contributed by atoms with van der Waals surface area (Å²) in [6.45, 7) is 0. The highest BCUT2D eigenvalue weighted by Crippen LogP contribution is 2.27. The predicted octanol–water partition coefficient (Wildman–Crippen LogP) is -0.667. The number of aromatic carboxylic acids is 1.